The maximum Gasteiger partial charge on any atom is 0.416 e. The molecule has 1 saturated heterocycles. The summed E-state index contributed by atoms with van der Waals surface area (Å²) in [6.07, 6.45) is -1.85. The van der Waals surface area contributed by atoms with Crippen LogP contribution in [0.5, 0.6) is 0 Å². The first-order valence-corrected chi connectivity index (χ1v) is 15.1. The van der Waals surface area contributed by atoms with Gasteiger partial charge in [-0.3, -0.25) is 19.3 Å². The van der Waals surface area contributed by atoms with Crippen LogP contribution in [0.15, 0.2) is 60.7 Å². The second-order valence-corrected chi connectivity index (χ2v) is 12.3. The Morgan fingerprint density at radius 1 is 1.15 bits per heavy atom. The number of aromatic nitrogens is 1. The van der Waals surface area contributed by atoms with Crippen LogP contribution in [0.3, 0.4) is 0 Å². The average molecular weight is 673 g/mol. The van der Waals surface area contributed by atoms with Crippen LogP contribution in [0, 0.1) is 18.7 Å². The van der Waals surface area contributed by atoms with Gasteiger partial charge in [-0.1, -0.05) is 29.8 Å². The van der Waals surface area contributed by atoms with E-state index >= 15 is 4.39 Å². The number of fused-ring (bicyclic) bond motifs is 2. The second-order valence-electron chi connectivity index (χ2n) is 11.9. The van der Waals surface area contributed by atoms with Crippen LogP contribution in [0.1, 0.15) is 23.2 Å². The van der Waals surface area contributed by atoms with Gasteiger partial charge in [0.1, 0.15) is 17.7 Å². The molecular formula is C33H33ClF4N6O3. The maximum atomic E-state index is 15.2. The van der Waals surface area contributed by atoms with E-state index in [0.717, 1.165) is 17.0 Å². The van der Waals surface area contributed by atoms with E-state index in [0.29, 0.717) is 28.5 Å². The molecule has 14 heteroatoms. The number of nitrogens with one attached hydrogen (secondary N) is 1. The first-order valence-electron chi connectivity index (χ1n) is 14.7. The number of rotatable bonds is 7. The summed E-state index contributed by atoms with van der Waals surface area (Å²) in [6.45, 7) is 2.13. The van der Waals surface area contributed by atoms with Gasteiger partial charge >= 0.3 is 6.18 Å². The minimum atomic E-state index is -4.69. The lowest BCUT2D eigenvalue weighted by molar-refractivity contribution is -0.137. The average Bonchev–Trinajstić information content (AvgIpc) is 3.30. The summed E-state index contributed by atoms with van der Waals surface area (Å²) < 4.78 is 56.3. The van der Waals surface area contributed by atoms with Crippen molar-refractivity contribution in [2.45, 2.75) is 32.1 Å². The van der Waals surface area contributed by atoms with Gasteiger partial charge in [0.15, 0.2) is 0 Å². The molecule has 3 amide bonds. The van der Waals surface area contributed by atoms with Gasteiger partial charge in [0.2, 0.25) is 17.7 Å². The molecule has 5 rings (SSSR count). The Morgan fingerprint density at radius 2 is 1.89 bits per heavy atom. The van der Waals surface area contributed by atoms with Crippen LogP contribution in [0.4, 0.5) is 40.4 Å². The van der Waals surface area contributed by atoms with Crippen LogP contribution in [0.25, 0.3) is 0 Å². The highest BCUT2D eigenvalue weighted by atomic mass is 35.5. The van der Waals surface area contributed by atoms with Gasteiger partial charge in [0.25, 0.3) is 0 Å². The number of benzene rings is 2. The number of alkyl halides is 3. The summed E-state index contributed by atoms with van der Waals surface area (Å²) in [5.74, 6) is -3.13. The Hall–Kier alpha value is -4.49. The number of aryl methyl sites for hydroxylation is 1. The van der Waals surface area contributed by atoms with E-state index in [2.05, 4.69) is 10.3 Å². The van der Waals surface area contributed by atoms with Crippen LogP contribution in [-0.4, -0.2) is 67.9 Å². The Balaban J connectivity index is 1.49. The number of anilines is 4. The predicted octanol–water partition coefficient (Wildman–Crippen LogP) is 5.66. The standard InChI is InChI=1S/C33H33ClF4N6O3/c1-19-13-22(33(36,37)38)16-27(39-19)44-29(46)15-21-18-43(31-23(34)7-5-8-26(31)42(4)32(47)30(21)44)17-20-10-11-25(24(35)14-20)40-28(45)9-6-12-41(2)3/h5-11,13-14,16,21,30H,12,15,17-18H2,1-4H3,(H,40,45)/b9-6+/t21-,30+/m1/s1. The monoisotopic (exact) mass is 672 g/mol. The van der Waals surface area contributed by atoms with E-state index in [1.54, 1.807) is 30.3 Å². The maximum absolute atomic E-state index is 15.2. The second kappa shape index (κ2) is 13.3. The molecule has 248 valence electrons. The van der Waals surface area contributed by atoms with Crippen molar-refractivity contribution in [3.8, 4) is 0 Å². The third kappa shape index (κ3) is 7.25. The Morgan fingerprint density at radius 3 is 2.57 bits per heavy atom. The van der Waals surface area contributed by atoms with Gasteiger partial charge in [-0.15, -0.1) is 0 Å². The Kier molecular flexibility index (Phi) is 9.60. The van der Waals surface area contributed by atoms with E-state index in [-0.39, 0.29) is 36.7 Å². The van der Waals surface area contributed by atoms with Crippen LogP contribution < -0.4 is 20.0 Å². The highest BCUT2D eigenvalue weighted by Gasteiger charge is 2.49. The molecule has 1 aromatic heterocycles. The van der Waals surface area contributed by atoms with E-state index in [1.807, 2.05) is 23.9 Å². The van der Waals surface area contributed by atoms with Crippen molar-refractivity contribution in [1.29, 1.82) is 0 Å². The summed E-state index contributed by atoms with van der Waals surface area (Å²) in [4.78, 5) is 50.0. The lowest BCUT2D eigenvalue weighted by atomic mass is 9.95. The summed E-state index contributed by atoms with van der Waals surface area (Å²) in [6, 6.07) is 9.84. The van der Waals surface area contributed by atoms with Crippen molar-refractivity contribution in [2.75, 3.05) is 54.2 Å². The van der Waals surface area contributed by atoms with Gasteiger partial charge in [0, 0.05) is 50.8 Å². The van der Waals surface area contributed by atoms with Gasteiger partial charge in [-0.25, -0.2) is 9.37 Å². The molecule has 47 heavy (non-hydrogen) atoms. The van der Waals surface area contributed by atoms with Crippen molar-refractivity contribution in [3.05, 3.63) is 88.3 Å². The molecule has 0 aliphatic carbocycles. The fourth-order valence-corrected chi connectivity index (χ4v) is 6.22. The lowest BCUT2D eigenvalue weighted by Crippen LogP contribution is -2.52. The molecule has 3 heterocycles. The number of nitrogens with zero attached hydrogens (tertiary/aromatic N) is 5. The number of para-hydroxylation sites is 1. The Bertz CT molecular complexity index is 1750. The van der Waals surface area contributed by atoms with E-state index in [1.165, 1.54) is 37.1 Å². The zero-order valence-corrected chi connectivity index (χ0v) is 26.9. The molecule has 0 spiro atoms. The largest absolute Gasteiger partial charge is 0.416 e. The third-order valence-corrected chi connectivity index (χ3v) is 8.34. The van der Waals surface area contributed by atoms with Crippen molar-refractivity contribution in [3.63, 3.8) is 0 Å². The van der Waals surface area contributed by atoms with Gasteiger partial charge < -0.3 is 20.0 Å². The fraction of sp³-hybridized carbons (Fsp3) is 0.333. The van der Waals surface area contributed by atoms with E-state index < -0.39 is 47.2 Å². The molecule has 2 atom stereocenters. The van der Waals surface area contributed by atoms with Gasteiger partial charge in [0.05, 0.1) is 27.6 Å². The zero-order chi connectivity index (χ0) is 34.2. The summed E-state index contributed by atoms with van der Waals surface area (Å²) in [5, 5.41) is 2.83. The molecule has 2 aliphatic heterocycles. The number of carbonyl (C=O) groups is 3. The first-order chi connectivity index (χ1) is 22.1. The topological polar surface area (TPSA) is 89.1 Å². The predicted molar refractivity (Wildman–Crippen MR) is 172 cm³/mol. The molecule has 0 bridgehead atoms. The normalized spacial score (nSPS) is 18.5. The number of pyridine rings is 1. The van der Waals surface area contributed by atoms with Crippen molar-refractivity contribution < 1.29 is 31.9 Å². The van der Waals surface area contributed by atoms with Gasteiger partial charge in [-0.05, 0) is 63.0 Å². The summed E-state index contributed by atoms with van der Waals surface area (Å²) in [7, 11) is 5.21. The SMILES string of the molecule is Cc1cc(C(F)(F)F)cc(N2C(=O)C[C@@H]3CN(Cc4ccc(NC(=O)/C=C/CN(C)C)c(F)c4)c4c(Cl)cccc4N(C)C(=O)[C@H]32)n1. The fourth-order valence-electron chi connectivity index (χ4n) is 5.93. The molecule has 1 fully saturated rings. The number of likely N-dealkylation sites (N-methyl/N-ethyl adjacent to an activating group) is 2. The number of hydrogen-bond donors (Lipinski definition) is 1. The van der Waals surface area contributed by atoms with Crippen LogP contribution in [-0.2, 0) is 27.1 Å². The highest BCUT2D eigenvalue weighted by Crippen LogP contribution is 2.43. The molecule has 0 radical (unpaired) electrons. The number of amides is 3. The van der Waals surface area contributed by atoms with Crippen LogP contribution >= 0.6 is 11.6 Å². The molecule has 0 saturated carbocycles. The highest BCUT2D eigenvalue weighted by molar-refractivity contribution is 6.34. The van der Waals surface area contributed by atoms with Crippen molar-refractivity contribution >= 4 is 52.2 Å². The van der Waals surface area contributed by atoms with E-state index in [4.69, 9.17) is 11.6 Å². The minimum absolute atomic E-state index is 0.00865. The molecule has 1 N–H and O–H groups in total. The molecule has 9 nitrogen and oxygen atoms in total. The smallest absolute Gasteiger partial charge is 0.364 e. The lowest BCUT2D eigenvalue weighted by Gasteiger charge is -2.39. The molecule has 2 aromatic carbocycles. The number of carbonyl (C=O) groups excluding carboxylic acids is 3. The minimum Gasteiger partial charge on any atom is -0.364 e. The number of halogens is 5. The third-order valence-electron chi connectivity index (χ3n) is 8.03. The zero-order valence-electron chi connectivity index (χ0n) is 26.1. The molecule has 3 aromatic rings. The molecular weight excluding hydrogens is 640 g/mol. The van der Waals surface area contributed by atoms with Crippen molar-refractivity contribution in [1.82, 2.24) is 9.88 Å². The molecule has 2 aliphatic rings. The number of hydrogen-bond acceptors (Lipinski definition) is 6. The quantitative estimate of drug-likeness (QED) is 0.258. The molecule has 0 unspecified atom stereocenters. The van der Waals surface area contributed by atoms with Crippen molar-refractivity contribution in [2.24, 2.45) is 5.92 Å². The Labute approximate surface area is 274 Å². The summed E-state index contributed by atoms with van der Waals surface area (Å²) in [5.41, 5.74) is 0.451. The summed E-state index contributed by atoms with van der Waals surface area (Å²) >= 11 is 6.69. The van der Waals surface area contributed by atoms with Crippen LogP contribution in [0.2, 0.25) is 5.02 Å². The van der Waals surface area contributed by atoms with Gasteiger partial charge in [-0.2, -0.15) is 13.2 Å². The van der Waals surface area contributed by atoms with E-state index in [9.17, 15) is 27.6 Å². The first kappa shape index (κ1) is 33.9.